The van der Waals surface area contributed by atoms with Gasteiger partial charge in [-0.05, 0) is 23.6 Å². The average Bonchev–Trinajstić information content (AvgIpc) is 3.51. The lowest BCUT2D eigenvalue weighted by Crippen LogP contribution is -2.18. The van der Waals surface area contributed by atoms with Crippen LogP contribution in [0.2, 0.25) is 0 Å². The molecular weight excluding hydrogens is 551 g/mol. The van der Waals surface area contributed by atoms with Crippen molar-refractivity contribution in [2.24, 2.45) is 5.41 Å². The Kier molecular flexibility index (Phi) is 7.74. The number of aromatic nitrogens is 3. The molecule has 3 heterocycles. The second kappa shape index (κ2) is 10.7. The van der Waals surface area contributed by atoms with Crippen molar-refractivity contribution >= 4 is 50.8 Å². The molecule has 0 aliphatic carbocycles. The van der Waals surface area contributed by atoms with Gasteiger partial charge >= 0.3 is 12.8 Å². The summed E-state index contributed by atoms with van der Waals surface area (Å²) in [6, 6.07) is 4.50. The molecule has 0 aliphatic rings. The molecule has 4 aromatic rings. The highest BCUT2D eigenvalue weighted by atomic mass is 32.1. The van der Waals surface area contributed by atoms with E-state index in [-0.39, 0.29) is 40.0 Å². The minimum atomic E-state index is -4.64. The Hall–Kier alpha value is -3.52. The maximum atomic E-state index is 13.1. The lowest BCUT2D eigenvalue weighted by atomic mass is 9.98. The van der Waals surface area contributed by atoms with Crippen LogP contribution >= 0.6 is 22.7 Å². The van der Waals surface area contributed by atoms with Gasteiger partial charge in [-0.15, -0.1) is 22.7 Å². The number of hydrogen-bond donors (Lipinski definition) is 1. The number of benzene rings is 1. The van der Waals surface area contributed by atoms with Crippen molar-refractivity contribution in [3.63, 3.8) is 0 Å². The molecule has 0 spiro atoms. The number of anilines is 1. The van der Waals surface area contributed by atoms with Crippen LogP contribution in [0.5, 0.6) is 11.5 Å². The third-order valence-corrected chi connectivity index (χ3v) is 6.33. The molecule has 202 valence electrons. The zero-order valence-corrected chi connectivity index (χ0v) is 21.8. The largest absolute Gasteiger partial charge is 0.489 e. The topological polar surface area (TPSA) is 77.8 Å². The second-order valence-electron chi connectivity index (χ2n) is 9.13. The summed E-state index contributed by atoms with van der Waals surface area (Å²) in [5.41, 5.74) is -0.743. The zero-order valence-electron chi connectivity index (χ0n) is 20.2. The van der Waals surface area contributed by atoms with Crippen LogP contribution in [0.3, 0.4) is 0 Å². The fraction of sp³-hybridized carbons (Fsp3) is 0.292. The number of alkyl halides is 5. The lowest BCUT2D eigenvalue weighted by molar-refractivity contribution is -0.140. The van der Waals surface area contributed by atoms with Gasteiger partial charge in [0.05, 0.1) is 12.3 Å². The van der Waals surface area contributed by atoms with Crippen LogP contribution in [0.25, 0.3) is 17.1 Å². The van der Waals surface area contributed by atoms with Crippen molar-refractivity contribution in [2.75, 3.05) is 11.9 Å². The van der Waals surface area contributed by atoms with Crippen LogP contribution in [-0.4, -0.2) is 33.5 Å². The number of nitrogens with one attached hydrogen (secondary N) is 1. The van der Waals surface area contributed by atoms with Gasteiger partial charge in [-0.25, -0.2) is 9.97 Å². The van der Waals surface area contributed by atoms with Gasteiger partial charge in [-0.3, -0.25) is 14.5 Å². The van der Waals surface area contributed by atoms with E-state index >= 15 is 0 Å². The maximum absolute atomic E-state index is 13.1. The van der Waals surface area contributed by atoms with Crippen molar-refractivity contribution in [1.82, 2.24) is 14.4 Å². The summed E-state index contributed by atoms with van der Waals surface area (Å²) in [5.74, 6) is -0.787. The average molecular weight is 573 g/mol. The number of hydrogen-bond acceptors (Lipinski definition) is 7. The highest BCUT2D eigenvalue weighted by Crippen LogP contribution is 2.36. The van der Waals surface area contributed by atoms with Gasteiger partial charge in [0.2, 0.25) is 0 Å². The van der Waals surface area contributed by atoms with Gasteiger partial charge in [0, 0.05) is 22.5 Å². The molecule has 3 aromatic heterocycles. The van der Waals surface area contributed by atoms with Crippen molar-refractivity contribution in [3.05, 3.63) is 57.8 Å². The molecule has 0 aliphatic heterocycles. The summed E-state index contributed by atoms with van der Waals surface area (Å²) in [4.78, 5) is 21.4. The molecule has 0 unspecified atom stereocenters. The standard InChI is InChI=1S/C24H21F5N4O3S2/c1-23(2,3)12-35-18-13(5-4-6-15(18)36-20(25)26)7-8-14-17(33-9-10-37-22(33)30-14)19(34)32-21-31-16(11-38-21)24(27,28)29/h4-11,20H,12H2,1-3H3,(H,31,32,34)/b8-7+. The van der Waals surface area contributed by atoms with E-state index in [1.165, 1.54) is 40.0 Å². The molecule has 0 atom stereocenters. The van der Waals surface area contributed by atoms with E-state index in [0.717, 1.165) is 5.38 Å². The van der Waals surface area contributed by atoms with E-state index < -0.39 is 24.4 Å². The molecule has 1 aromatic carbocycles. The number of imidazole rings is 1. The number of thiazole rings is 2. The second-order valence-corrected chi connectivity index (χ2v) is 10.9. The van der Waals surface area contributed by atoms with E-state index in [4.69, 9.17) is 4.74 Å². The number of para-hydroxylation sites is 1. The predicted molar refractivity (Wildman–Crippen MR) is 135 cm³/mol. The fourth-order valence-electron chi connectivity index (χ4n) is 3.23. The van der Waals surface area contributed by atoms with Gasteiger partial charge in [-0.1, -0.05) is 32.9 Å². The summed E-state index contributed by atoms with van der Waals surface area (Å²) >= 11 is 1.89. The number of carbonyl (C=O) groups is 1. The first-order chi connectivity index (χ1) is 17.8. The van der Waals surface area contributed by atoms with Crippen LogP contribution in [0.1, 0.15) is 48.2 Å². The highest BCUT2D eigenvalue weighted by molar-refractivity contribution is 7.15. The number of halogens is 5. The lowest BCUT2D eigenvalue weighted by Gasteiger charge is -2.21. The Morgan fingerprint density at radius 3 is 2.58 bits per heavy atom. The van der Waals surface area contributed by atoms with E-state index in [9.17, 15) is 26.7 Å². The monoisotopic (exact) mass is 572 g/mol. The van der Waals surface area contributed by atoms with Crippen molar-refractivity contribution in [2.45, 2.75) is 33.6 Å². The molecule has 14 heteroatoms. The Morgan fingerprint density at radius 2 is 1.92 bits per heavy atom. The molecule has 1 N–H and O–H groups in total. The van der Waals surface area contributed by atoms with Crippen LogP contribution < -0.4 is 14.8 Å². The number of fused-ring (bicyclic) bond motifs is 1. The molecule has 0 bridgehead atoms. The summed E-state index contributed by atoms with van der Waals surface area (Å²) in [6.07, 6.45) is -0.0229. The van der Waals surface area contributed by atoms with E-state index in [1.807, 2.05) is 20.8 Å². The molecule has 7 nitrogen and oxygen atoms in total. The smallest absolute Gasteiger partial charge is 0.434 e. The molecule has 0 radical (unpaired) electrons. The van der Waals surface area contributed by atoms with E-state index in [1.54, 1.807) is 17.6 Å². The molecular formula is C24H21F5N4O3S2. The SMILES string of the molecule is CC(C)(C)COc1c(/C=C/c2nc3sccn3c2C(=O)Nc2nc(C(F)(F)F)cs2)cccc1OC(F)F. The van der Waals surface area contributed by atoms with Gasteiger partial charge in [-0.2, -0.15) is 22.0 Å². The Bertz CT molecular complexity index is 1470. The third-order valence-electron chi connectivity index (χ3n) is 4.81. The molecule has 1 amide bonds. The first-order valence-corrected chi connectivity index (χ1v) is 12.8. The number of amides is 1. The maximum Gasteiger partial charge on any atom is 0.434 e. The molecule has 0 saturated heterocycles. The van der Waals surface area contributed by atoms with Crippen molar-refractivity contribution < 1.29 is 36.2 Å². The summed E-state index contributed by atoms with van der Waals surface area (Å²) in [7, 11) is 0. The Balaban J connectivity index is 1.68. The van der Waals surface area contributed by atoms with Gasteiger partial charge < -0.3 is 9.47 Å². The van der Waals surface area contributed by atoms with E-state index in [0.29, 0.717) is 21.9 Å². The van der Waals surface area contributed by atoms with Crippen LogP contribution in [-0.2, 0) is 6.18 Å². The third kappa shape index (κ3) is 6.48. The minimum absolute atomic E-state index is 0.0541. The summed E-state index contributed by atoms with van der Waals surface area (Å²) < 4.78 is 76.7. The van der Waals surface area contributed by atoms with Gasteiger partial charge in [0.25, 0.3) is 5.91 Å². The Labute approximate surface area is 221 Å². The first kappa shape index (κ1) is 27.5. The predicted octanol–water partition coefficient (Wildman–Crippen LogP) is 7.32. The number of nitrogens with zero attached hydrogens (tertiary/aromatic N) is 3. The van der Waals surface area contributed by atoms with Crippen molar-refractivity contribution in [3.8, 4) is 11.5 Å². The summed E-state index contributed by atoms with van der Waals surface area (Å²) in [5, 5.41) is 4.66. The zero-order chi connectivity index (χ0) is 27.7. The number of carbonyl (C=O) groups excluding carboxylic acids is 1. The molecule has 38 heavy (non-hydrogen) atoms. The first-order valence-electron chi connectivity index (χ1n) is 11.0. The molecule has 4 rings (SSSR count). The summed E-state index contributed by atoms with van der Waals surface area (Å²) in [6.45, 7) is 2.90. The number of rotatable bonds is 8. The quantitative estimate of drug-likeness (QED) is 0.224. The molecule has 0 fully saturated rings. The normalized spacial score (nSPS) is 12.6. The Morgan fingerprint density at radius 1 is 1.16 bits per heavy atom. The van der Waals surface area contributed by atoms with Crippen LogP contribution in [0.15, 0.2) is 35.2 Å². The highest BCUT2D eigenvalue weighted by Gasteiger charge is 2.34. The number of ether oxygens (including phenoxy) is 2. The van der Waals surface area contributed by atoms with E-state index in [2.05, 4.69) is 20.0 Å². The van der Waals surface area contributed by atoms with Gasteiger partial charge in [0.15, 0.2) is 27.3 Å². The minimum Gasteiger partial charge on any atom is -0.489 e. The fourth-order valence-corrected chi connectivity index (χ4v) is 4.66. The van der Waals surface area contributed by atoms with Crippen molar-refractivity contribution in [1.29, 1.82) is 0 Å². The molecule has 0 saturated carbocycles. The van der Waals surface area contributed by atoms with Crippen LogP contribution in [0.4, 0.5) is 27.1 Å². The van der Waals surface area contributed by atoms with Gasteiger partial charge in [0.1, 0.15) is 5.69 Å². The van der Waals surface area contributed by atoms with Crippen LogP contribution in [0, 0.1) is 5.41 Å².